The molecular weight excluding hydrogens is 376 g/mol. The molecule has 0 saturated heterocycles. The number of ether oxygens (including phenoxy) is 2. The summed E-state index contributed by atoms with van der Waals surface area (Å²) in [6, 6.07) is 6.85. The van der Waals surface area contributed by atoms with Crippen LogP contribution in [0.1, 0.15) is 39.7 Å². The molecule has 1 aromatic carbocycles. The summed E-state index contributed by atoms with van der Waals surface area (Å²) in [4.78, 5) is 15.6. The van der Waals surface area contributed by atoms with Crippen LogP contribution in [0.15, 0.2) is 29.4 Å². The molecule has 1 amide bonds. The summed E-state index contributed by atoms with van der Waals surface area (Å²) in [7, 11) is 0. The smallest absolute Gasteiger partial charge is 0.226 e. The molecule has 1 aromatic rings. The Labute approximate surface area is 170 Å². The standard InChI is InChI=1S/C20H30N4O5/c1-11(2)28-16-9-15(19(29-12(3)4)18(26)17(16)25)20(27)22-10-13-5-7-14(8-6-13)23-24-21/h5-8,11-12,15-19,25-26H,9-10H2,1-4H3,(H,22,27)/t15?,16-,17-,18-,19-/m1/s1. The fourth-order valence-corrected chi connectivity index (χ4v) is 3.46. The predicted octanol–water partition coefficient (Wildman–Crippen LogP) is 2.57. The van der Waals surface area contributed by atoms with Crippen molar-refractivity contribution in [3.8, 4) is 0 Å². The fraction of sp³-hybridized carbons (Fsp3) is 0.650. The van der Waals surface area contributed by atoms with Crippen molar-refractivity contribution in [2.45, 2.75) is 77.3 Å². The van der Waals surface area contributed by atoms with Crippen LogP contribution in [0.3, 0.4) is 0 Å². The van der Waals surface area contributed by atoms with Crippen molar-refractivity contribution < 1.29 is 24.5 Å². The van der Waals surface area contributed by atoms with E-state index in [4.69, 9.17) is 15.0 Å². The summed E-state index contributed by atoms with van der Waals surface area (Å²) in [5.41, 5.74) is 9.78. The molecule has 0 aliphatic heterocycles. The van der Waals surface area contributed by atoms with E-state index in [2.05, 4.69) is 15.3 Å². The number of azide groups is 1. The number of aliphatic hydroxyl groups excluding tert-OH is 2. The monoisotopic (exact) mass is 406 g/mol. The van der Waals surface area contributed by atoms with Crippen LogP contribution in [-0.4, -0.2) is 52.7 Å². The molecule has 0 aromatic heterocycles. The molecule has 1 fully saturated rings. The van der Waals surface area contributed by atoms with Crippen molar-refractivity contribution >= 4 is 11.6 Å². The van der Waals surface area contributed by atoms with Crippen LogP contribution in [0.2, 0.25) is 0 Å². The molecule has 1 unspecified atom stereocenters. The molecule has 160 valence electrons. The molecule has 9 nitrogen and oxygen atoms in total. The molecule has 1 aliphatic rings. The topological polar surface area (TPSA) is 137 Å². The van der Waals surface area contributed by atoms with Crippen molar-refractivity contribution in [2.24, 2.45) is 11.0 Å². The van der Waals surface area contributed by atoms with E-state index in [1.807, 2.05) is 27.7 Å². The lowest BCUT2D eigenvalue weighted by molar-refractivity contribution is -0.204. The molecule has 0 heterocycles. The maximum atomic E-state index is 12.9. The average Bonchev–Trinajstić information content (AvgIpc) is 2.66. The third-order valence-electron chi connectivity index (χ3n) is 4.73. The Bertz CT molecular complexity index is 718. The highest BCUT2D eigenvalue weighted by atomic mass is 16.5. The zero-order valence-electron chi connectivity index (χ0n) is 17.2. The number of carbonyl (C=O) groups is 1. The van der Waals surface area contributed by atoms with Gasteiger partial charge in [-0.2, -0.15) is 0 Å². The minimum absolute atomic E-state index is 0.150. The van der Waals surface area contributed by atoms with E-state index in [0.29, 0.717) is 5.69 Å². The van der Waals surface area contributed by atoms with E-state index in [9.17, 15) is 15.0 Å². The van der Waals surface area contributed by atoms with Crippen LogP contribution in [-0.2, 0) is 20.8 Å². The number of nitrogens with zero attached hydrogens (tertiary/aromatic N) is 3. The van der Waals surface area contributed by atoms with Gasteiger partial charge in [-0.05, 0) is 45.2 Å². The van der Waals surface area contributed by atoms with Crippen LogP contribution < -0.4 is 5.32 Å². The number of hydrogen-bond acceptors (Lipinski definition) is 6. The average molecular weight is 406 g/mol. The third kappa shape index (κ3) is 6.42. The number of carbonyl (C=O) groups excluding carboxylic acids is 1. The SMILES string of the molecule is CC(C)O[C@@H]1C(C(=O)NCc2ccc(N=[N+]=[N-])cc2)C[C@@H](OC(C)C)[C@@H](O)[C@H]1O. The predicted molar refractivity (Wildman–Crippen MR) is 107 cm³/mol. The highest BCUT2D eigenvalue weighted by Gasteiger charge is 2.48. The second kappa shape index (κ2) is 10.6. The van der Waals surface area contributed by atoms with Gasteiger partial charge < -0.3 is 25.0 Å². The second-order valence-electron chi connectivity index (χ2n) is 7.77. The van der Waals surface area contributed by atoms with Gasteiger partial charge in [0.1, 0.15) is 12.2 Å². The fourth-order valence-electron chi connectivity index (χ4n) is 3.46. The maximum Gasteiger partial charge on any atom is 0.226 e. The first-order valence-electron chi connectivity index (χ1n) is 9.81. The van der Waals surface area contributed by atoms with Gasteiger partial charge in [-0.25, -0.2) is 0 Å². The molecule has 3 N–H and O–H groups in total. The molecule has 0 bridgehead atoms. The van der Waals surface area contributed by atoms with E-state index < -0.39 is 30.3 Å². The van der Waals surface area contributed by atoms with Gasteiger partial charge in [0.2, 0.25) is 5.91 Å². The van der Waals surface area contributed by atoms with E-state index in [1.54, 1.807) is 24.3 Å². The molecule has 0 spiro atoms. The first-order valence-corrected chi connectivity index (χ1v) is 9.81. The first kappa shape index (κ1) is 23.1. The Morgan fingerprint density at radius 3 is 2.34 bits per heavy atom. The molecule has 1 aliphatic carbocycles. The third-order valence-corrected chi connectivity index (χ3v) is 4.73. The molecule has 0 radical (unpaired) electrons. The Kier molecular flexibility index (Phi) is 8.43. The molecule has 1 saturated carbocycles. The van der Waals surface area contributed by atoms with E-state index >= 15 is 0 Å². The van der Waals surface area contributed by atoms with Crippen LogP contribution in [0, 0.1) is 5.92 Å². The summed E-state index contributed by atoms with van der Waals surface area (Å²) < 4.78 is 11.5. The number of hydrogen-bond donors (Lipinski definition) is 3. The van der Waals surface area contributed by atoms with Crippen molar-refractivity contribution in [3.05, 3.63) is 40.3 Å². The normalized spacial score (nSPS) is 27.0. The van der Waals surface area contributed by atoms with Gasteiger partial charge in [-0.1, -0.05) is 29.4 Å². The summed E-state index contributed by atoms with van der Waals surface area (Å²) >= 11 is 0. The Balaban J connectivity index is 2.10. The molecule has 2 rings (SSSR count). The summed E-state index contributed by atoms with van der Waals surface area (Å²) in [6.45, 7) is 7.58. The van der Waals surface area contributed by atoms with E-state index in [0.717, 1.165) is 5.56 Å². The van der Waals surface area contributed by atoms with Crippen LogP contribution in [0.5, 0.6) is 0 Å². The van der Waals surface area contributed by atoms with Crippen LogP contribution in [0.25, 0.3) is 10.4 Å². The lowest BCUT2D eigenvalue weighted by atomic mass is 9.79. The number of benzene rings is 1. The summed E-state index contributed by atoms with van der Waals surface area (Å²) in [5, 5.41) is 27.4. The van der Waals surface area contributed by atoms with E-state index in [1.165, 1.54) is 0 Å². The van der Waals surface area contributed by atoms with Gasteiger partial charge in [-0.3, -0.25) is 4.79 Å². The minimum atomic E-state index is -1.23. The Morgan fingerprint density at radius 2 is 1.79 bits per heavy atom. The lowest BCUT2D eigenvalue weighted by Gasteiger charge is -2.42. The molecule has 29 heavy (non-hydrogen) atoms. The van der Waals surface area contributed by atoms with Crippen molar-refractivity contribution in [1.82, 2.24) is 5.32 Å². The van der Waals surface area contributed by atoms with Crippen LogP contribution >= 0.6 is 0 Å². The van der Waals surface area contributed by atoms with Crippen LogP contribution in [0.4, 0.5) is 5.69 Å². The zero-order valence-corrected chi connectivity index (χ0v) is 17.2. The summed E-state index contributed by atoms with van der Waals surface area (Å²) in [6.07, 6.45) is -3.96. The Hall–Kier alpha value is -2.16. The molecular formula is C20H30N4O5. The van der Waals surface area contributed by atoms with Crippen molar-refractivity contribution in [2.75, 3.05) is 0 Å². The van der Waals surface area contributed by atoms with Gasteiger partial charge in [-0.15, -0.1) is 0 Å². The highest BCUT2D eigenvalue weighted by molar-refractivity contribution is 5.79. The second-order valence-corrected chi connectivity index (χ2v) is 7.77. The number of aliphatic hydroxyl groups is 2. The quantitative estimate of drug-likeness (QED) is 0.346. The lowest BCUT2D eigenvalue weighted by Crippen LogP contribution is -2.59. The number of rotatable bonds is 8. The first-order chi connectivity index (χ1) is 13.7. The van der Waals surface area contributed by atoms with E-state index in [-0.39, 0.29) is 31.1 Å². The van der Waals surface area contributed by atoms with Crippen molar-refractivity contribution in [1.29, 1.82) is 0 Å². The summed E-state index contributed by atoms with van der Waals surface area (Å²) in [5.74, 6) is -0.944. The minimum Gasteiger partial charge on any atom is -0.388 e. The highest BCUT2D eigenvalue weighted by Crippen LogP contribution is 2.31. The number of amides is 1. The molecule has 9 heteroatoms. The largest absolute Gasteiger partial charge is 0.388 e. The molecule has 5 atom stereocenters. The van der Waals surface area contributed by atoms with Gasteiger partial charge in [0.05, 0.1) is 30.3 Å². The maximum absolute atomic E-state index is 12.9. The van der Waals surface area contributed by atoms with Gasteiger partial charge in [0.15, 0.2) is 0 Å². The Morgan fingerprint density at radius 1 is 1.17 bits per heavy atom. The number of nitrogens with one attached hydrogen (secondary N) is 1. The van der Waals surface area contributed by atoms with Gasteiger partial charge in [0.25, 0.3) is 0 Å². The van der Waals surface area contributed by atoms with Crippen molar-refractivity contribution in [3.63, 3.8) is 0 Å². The zero-order chi connectivity index (χ0) is 21.6. The van der Waals surface area contributed by atoms with Gasteiger partial charge in [0, 0.05) is 17.1 Å². The van der Waals surface area contributed by atoms with Gasteiger partial charge >= 0.3 is 0 Å².